The highest BCUT2D eigenvalue weighted by atomic mass is 32.1. The van der Waals surface area contributed by atoms with Crippen LogP contribution in [-0.4, -0.2) is 17.7 Å². The summed E-state index contributed by atoms with van der Waals surface area (Å²) in [5.41, 5.74) is 3.84. The molecule has 0 unspecified atom stereocenters. The zero-order valence-electron chi connectivity index (χ0n) is 3.51. The van der Waals surface area contributed by atoms with Crippen molar-refractivity contribution in [3.63, 3.8) is 0 Å². The van der Waals surface area contributed by atoms with Gasteiger partial charge in [-0.3, -0.25) is 5.84 Å². The Balaban J connectivity index is 2.81. The van der Waals surface area contributed by atoms with Crippen molar-refractivity contribution < 1.29 is 0 Å². The molecule has 0 heterocycles. The molecule has 0 aliphatic heterocycles. The van der Waals surface area contributed by atoms with Crippen LogP contribution >= 0.6 is 12.2 Å². The second-order valence-electron chi connectivity index (χ2n) is 0.858. The van der Waals surface area contributed by atoms with Crippen LogP contribution in [0.4, 0.5) is 0 Å². The molecule has 4 heteroatoms. The molecule has 0 bridgehead atoms. The van der Waals surface area contributed by atoms with Crippen molar-refractivity contribution in [3.05, 3.63) is 0 Å². The summed E-state index contributed by atoms with van der Waals surface area (Å²) in [6.07, 6.45) is 0. The number of hydrogen-bond donors (Lipinski definition) is 2. The lowest BCUT2D eigenvalue weighted by atomic mass is 11.3. The molecular weight excluding hydrogens is 98.1 g/mol. The summed E-state index contributed by atoms with van der Waals surface area (Å²) in [7, 11) is 1.66. The fourth-order valence-electron chi connectivity index (χ4n) is 0.0831. The standard InChI is InChI=1S/C2H7N3S/c1-5(3)4-2-6/h2H,3H2,1H3,(H,4,6). The van der Waals surface area contributed by atoms with E-state index in [-0.39, 0.29) is 0 Å². The van der Waals surface area contributed by atoms with Gasteiger partial charge in [-0.05, 0) is 0 Å². The molecule has 0 saturated heterocycles. The molecule has 0 amide bonds. The van der Waals surface area contributed by atoms with Crippen LogP contribution in [0.5, 0.6) is 0 Å². The van der Waals surface area contributed by atoms with Crippen LogP contribution in [0.15, 0.2) is 0 Å². The summed E-state index contributed by atoms with van der Waals surface area (Å²) in [4.78, 5) is 0. The maximum absolute atomic E-state index is 5.03. The summed E-state index contributed by atoms with van der Waals surface area (Å²) >= 11 is 4.37. The second kappa shape index (κ2) is 3.02. The molecule has 0 fully saturated rings. The molecule has 0 aromatic rings. The lowest BCUT2D eigenvalue weighted by Gasteiger charge is -2.04. The van der Waals surface area contributed by atoms with Gasteiger partial charge in [0.05, 0.1) is 5.49 Å². The Kier molecular flexibility index (Phi) is 2.92. The van der Waals surface area contributed by atoms with E-state index in [1.807, 2.05) is 0 Å². The normalized spacial score (nSPS) is 8.50. The quantitative estimate of drug-likeness (QED) is 0.275. The average Bonchev–Trinajstić information content (AvgIpc) is 1.35. The maximum Gasteiger partial charge on any atom is 0.0771 e. The first-order valence-corrected chi connectivity index (χ1v) is 1.92. The Bertz CT molecular complexity index is 44.1. The zero-order valence-corrected chi connectivity index (χ0v) is 4.33. The summed E-state index contributed by atoms with van der Waals surface area (Å²) < 4.78 is 0. The number of nitrogens with zero attached hydrogens (tertiary/aromatic N) is 1. The average molecular weight is 105 g/mol. The monoisotopic (exact) mass is 105 g/mol. The first-order chi connectivity index (χ1) is 2.77. The number of hydrazine groups is 2. The van der Waals surface area contributed by atoms with Crippen molar-refractivity contribution in [1.29, 1.82) is 0 Å². The van der Waals surface area contributed by atoms with E-state index in [4.69, 9.17) is 5.84 Å². The highest BCUT2D eigenvalue weighted by Gasteiger charge is 1.72. The van der Waals surface area contributed by atoms with Gasteiger partial charge in [-0.15, -0.1) is 0 Å². The van der Waals surface area contributed by atoms with Crippen LogP contribution < -0.4 is 11.3 Å². The number of rotatable bonds is 2. The number of nitrogens with two attached hydrogens (primary N) is 1. The number of nitrogens with one attached hydrogen (secondary N) is 1. The summed E-state index contributed by atoms with van der Waals surface area (Å²) in [6, 6.07) is 0. The molecule has 0 aromatic carbocycles. The van der Waals surface area contributed by atoms with Crippen LogP contribution in [-0.2, 0) is 0 Å². The van der Waals surface area contributed by atoms with Gasteiger partial charge >= 0.3 is 0 Å². The van der Waals surface area contributed by atoms with Gasteiger partial charge in [-0.2, -0.15) is 5.12 Å². The lowest BCUT2D eigenvalue weighted by molar-refractivity contribution is 0.311. The van der Waals surface area contributed by atoms with Crippen molar-refractivity contribution >= 4 is 17.7 Å². The highest BCUT2D eigenvalue weighted by Crippen LogP contribution is 1.47. The van der Waals surface area contributed by atoms with Gasteiger partial charge < -0.3 is 5.43 Å². The van der Waals surface area contributed by atoms with Crippen LogP contribution in [0.1, 0.15) is 0 Å². The minimum atomic E-state index is 1.27. The van der Waals surface area contributed by atoms with Gasteiger partial charge in [0.25, 0.3) is 0 Å². The van der Waals surface area contributed by atoms with Gasteiger partial charge in [-0.1, -0.05) is 12.2 Å². The van der Waals surface area contributed by atoms with Crippen molar-refractivity contribution in [2.24, 2.45) is 5.84 Å². The van der Waals surface area contributed by atoms with Crippen molar-refractivity contribution in [2.75, 3.05) is 7.05 Å². The molecule has 0 spiro atoms. The Hall–Kier alpha value is -0.190. The summed E-state index contributed by atoms with van der Waals surface area (Å²) in [5, 5.41) is 1.27. The second-order valence-corrected chi connectivity index (χ2v) is 1.09. The molecule has 0 saturated carbocycles. The largest absolute Gasteiger partial charge is 0.303 e. The summed E-state index contributed by atoms with van der Waals surface area (Å²) in [6.45, 7) is 0. The van der Waals surface area contributed by atoms with Crippen LogP contribution in [0.3, 0.4) is 0 Å². The van der Waals surface area contributed by atoms with E-state index >= 15 is 0 Å². The van der Waals surface area contributed by atoms with E-state index in [0.717, 1.165) is 0 Å². The molecule has 36 valence electrons. The predicted molar refractivity (Wildman–Crippen MR) is 28.7 cm³/mol. The molecule has 0 radical (unpaired) electrons. The molecule has 0 atom stereocenters. The zero-order chi connectivity index (χ0) is 4.99. The van der Waals surface area contributed by atoms with Crippen molar-refractivity contribution in [3.8, 4) is 0 Å². The lowest BCUT2D eigenvalue weighted by Crippen LogP contribution is -2.38. The SMILES string of the molecule is CN(N)NC=S. The van der Waals surface area contributed by atoms with Gasteiger partial charge in [-0.25, -0.2) is 0 Å². The Morgan fingerprint density at radius 3 is 2.50 bits per heavy atom. The number of hydrogen-bond acceptors (Lipinski definition) is 3. The highest BCUT2D eigenvalue weighted by molar-refractivity contribution is 7.78. The molecular formula is C2H7N3S. The Morgan fingerprint density at radius 2 is 2.50 bits per heavy atom. The topological polar surface area (TPSA) is 41.3 Å². The first kappa shape index (κ1) is 5.81. The third-order valence-electron chi connectivity index (χ3n) is 0.256. The van der Waals surface area contributed by atoms with E-state index in [1.165, 1.54) is 10.6 Å². The fourth-order valence-corrected chi connectivity index (χ4v) is 0.249. The molecule has 0 aliphatic carbocycles. The molecule has 0 aliphatic rings. The van der Waals surface area contributed by atoms with E-state index in [1.54, 1.807) is 7.05 Å². The number of thiocarbonyl (C=S) groups is 1. The molecule has 6 heavy (non-hydrogen) atoms. The van der Waals surface area contributed by atoms with E-state index in [2.05, 4.69) is 17.6 Å². The van der Waals surface area contributed by atoms with Gasteiger partial charge in [0, 0.05) is 7.05 Å². The molecule has 0 rings (SSSR count). The Morgan fingerprint density at radius 1 is 2.00 bits per heavy atom. The van der Waals surface area contributed by atoms with Crippen molar-refractivity contribution in [1.82, 2.24) is 10.5 Å². The maximum atomic E-state index is 5.03. The van der Waals surface area contributed by atoms with E-state index in [9.17, 15) is 0 Å². The van der Waals surface area contributed by atoms with Crippen LogP contribution in [0, 0.1) is 0 Å². The summed E-state index contributed by atoms with van der Waals surface area (Å²) in [5.74, 6) is 5.03. The van der Waals surface area contributed by atoms with E-state index < -0.39 is 0 Å². The molecule has 3 N–H and O–H groups in total. The molecule has 0 aromatic heterocycles. The van der Waals surface area contributed by atoms with Crippen molar-refractivity contribution in [2.45, 2.75) is 0 Å². The minimum Gasteiger partial charge on any atom is -0.303 e. The smallest absolute Gasteiger partial charge is 0.0771 e. The van der Waals surface area contributed by atoms with E-state index in [0.29, 0.717) is 0 Å². The first-order valence-electron chi connectivity index (χ1n) is 1.45. The van der Waals surface area contributed by atoms with Gasteiger partial charge in [0.1, 0.15) is 0 Å². The predicted octanol–water partition coefficient (Wildman–Crippen LogP) is -0.746. The van der Waals surface area contributed by atoms with Gasteiger partial charge in [0.15, 0.2) is 0 Å². The van der Waals surface area contributed by atoms with Crippen LogP contribution in [0.25, 0.3) is 0 Å². The minimum absolute atomic E-state index is 1.27. The van der Waals surface area contributed by atoms with Crippen LogP contribution in [0.2, 0.25) is 0 Å². The fraction of sp³-hybridized carbons (Fsp3) is 0.500. The van der Waals surface area contributed by atoms with Gasteiger partial charge in [0.2, 0.25) is 0 Å². The molecule has 3 nitrogen and oxygen atoms in total. The third-order valence-corrected chi connectivity index (χ3v) is 0.362. The Labute approximate surface area is 42.1 Å². The third kappa shape index (κ3) is 3.81.